The summed E-state index contributed by atoms with van der Waals surface area (Å²) >= 11 is 0. The first-order chi connectivity index (χ1) is 8.58. The fraction of sp³-hybridized carbons (Fsp3) is 0.333. The van der Waals surface area contributed by atoms with Gasteiger partial charge in [0.1, 0.15) is 0 Å². The Bertz CT molecular complexity index is 437. The molecule has 0 amide bonds. The molecule has 1 aromatic carbocycles. The zero-order valence-electron chi connectivity index (χ0n) is 9.88. The van der Waals surface area contributed by atoms with E-state index in [1.54, 1.807) is 6.08 Å². The first kappa shape index (κ1) is 14.3. The lowest BCUT2D eigenvalue weighted by Crippen LogP contribution is -2.26. The van der Waals surface area contributed by atoms with Crippen LogP contribution >= 0.6 is 0 Å². The van der Waals surface area contributed by atoms with Crippen molar-refractivity contribution in [2.75, 3.05) is 19.7 Å². The van der Waals surface area contributed by atoms with Crippen LogP contribution in [0.5, 0.6) is 0 Å². The average molecular weight is 254 g/mol. The van der Waals surface area contributed by atoms with Gasteiger partial charge in [-0.3, -0.25) is 15.0 Å². The molecule has 0 spiro atoms. The van der Waals surface area contributed by atoms with Gasteiger partial charge < -0.3 is 5.11 Å². The minimum atomic E-state index is -0.847. The smallest absolute Gasteiger partial charge is 0.304 e. The molecule has 0 atom stereocenters. The van der Waals surface area contributed by atoms with E-state index in [4.69, 9.17) is 5.11 Å². The Hall–Kier alpha value is -1.79. The number of nitro groups is 1. The third-order valence-electron chi connectivity index (χ3n) is 2.42. The van der Waals surface area contributed by atoms with Crippen molar-refractivity contribution in [2.45, 2.75) is 6.54 Å². The zero-order valence-corrected chi connectivity index (χ0v) is 9.88. The summed E-state index contributed by atoms with van der Waals surface area (Å²) in [5.41, 5.74) is 0.0876. The fourth-order valence-electron chi connectivity index (χ4n) is 1.61. The van der Waals surface area contributed by atoms with E-state index in [1.165, 1.54) is 6.07 Å². The molecule has 0 fully saturated rings. The molecule has 0 unspecified atom stereocenters. The Morgan fingerprint density at radius 1 is 1.56 bits per heavy atom. The highest BCUT2D eigenvalue weighted by Gasteiger charge is 2.14. The second-order valence-electron chi connectivity index (χ2n) is 3.79. The van der Waals surface area contributed by atoms with E-state index >= 15 is 0 Å². The number of nitrogens with zero attached hydrogens (tertiary/aromatic N) is 2. The highest BCUT2D eigenvalue weighted by molar-refractivity contribution is 5.34. The van der Waals surface area contributed by atoms with Crippen LogP contribution in [0.25, 0.3) is 0 Å². The first-order valence-electron chi connectivity index (χ1n) is 5.45. The van der Waals surface area contributed by atoms with Crippen LogP contribution in [0.3, 0.4) is 0 Å². The molecule has 0 saturated heterocycles. The molecule has 0 radical (unpaired) electrons. The van der Waals surface area contributed by atoms with E-state index in [2.05, 4.69) is 6.58 Å². The number of aliphatic hydroxyl groups is 1. The number of nitro benzene ring substituents is 1. The number of halogens is 1. The standard InChI is InChI=1S/C12H15FN2O3/c1-2-5-14(6-7-16)9-10-3-4-12(15(17)18)11(13)8-10/h2-4,8,16H,1,5-7,9H2. The summed E-state index contributed by atoms with van der Waals surface area (Å²) in [6, 6.07) is 3.80. The van der Waals surface area contributed by atoms with E-state index in [9.17, 15) is 14.5 Å². The fourth-order valence-corrected chi connectivity index (χ4v) is 1.61. The molecule has 0 aliphatic carbocycles. The molecule has 0 heterocycles. The van der Waals surface area contributed by atoms with Gasteiger partial charge in [0, 0.05) is 25.7 Å². The van der Waals surface area contributed by atoms with Gasteiger partial charge in [0.15, 0.2) is 0 Å². The molecule has 1 aromatic rings. The molecule has 0 saturated carbocycles. The second kappa shape index (κ2) is 6.83. The Morgan fingerprint density at radius 2 is 2.28 bits per heavy atom. The molecule has 98 valence electrons. The summed E-state index contributed by atoms with van der Waals surface area (Å²) in [4.78, 5) is 11.6. The van der Waals surface area contributed by atoms with Crippen molar-refractivity contribution in [1.82, 2.24) is 4.90 Å². The number of benzene rings is 1. The van der Waals surface area contributed by atoms with Gasteiger partial charge in [0.25, 0.3) is 0 Å². The lowest BCUT2D eigenvalue weighted by atomic mass is 10.2. The van der Waals surface area contributed by atoms with Crippen molar-refractivity contribution in [1.29, 1.82) is 0 Å². The van der Waals surface area contributed by atoms with Crippen LogP contribution in [0.2, 0.25) is 0 Å². The summed E-state index contributed by atoms with van der Waals surface area (Å²) in [6.07, 6.45) is 1.68. The molecule has 6 heteroatoms. The van der Waals surface area contributed by atoms with Gasteiger partial charge in [0.2, 0.25) is 5.82 Å². The normalized spacial score (nSPS) is 10.6. The lowest BCUT2D eigenvalue weighted by molar-refractivity contribution is -0.387. The molecule has 0 bridgehead atoms. The van der Waals surface area contributed by atoms with E-state index in [1.807, 2.05) is 4.90 Å². The van der Waals surface area contributed by atoms with E-state index < -0.39 is 16.4 Å². The maximum atomic E-state index is 13.4. The Kier molecular flexibility index (Phi) is 5.41. The Morgan fingerprint density at radius 3 is 2.78 bits per heavy atom. The highest BCUT2D eigenvalue weighted by atomic mass is 19.1. The van der Waals surface area contributed by atoms with Crippen LogP contribution in [-0.4, -0.2) is 34.6 Å². The largest absolute Gasteiger partial charge is 0.395 e. The average Bonchev–Trinajstić information content (AvgIpc) is 2.29. The third-order valence-corrected chi connectivity index (χ3v) is 2.42. The number of rotatable bonds is 7. The maximum Gasteiger partial charge on any atom is 0.304 e. The minimum absolute atomic E-state index is 0.0106. The van der Waals surface area contributed by atoms with Crippen LogP contribution in [-0.2, 0) is 6.54 Å². The maximum absolute atomic E-state index is 13.4. The van der Waals surface area contributed by atoms with Gasteiger partial charge in [-0.15, -0.1) is 6.58 Å². The molecular formula is C12H15FN2O3. The van der Waals surface area contributed by atoms with E-state index in [0.29, 0.717) is 25.2 Å². The quantitative estimate of drug-likeness (QED) is 0.457. The highest BCUT2D eigenvalue weighted by Crippen LogP contribution is 2.18. The summed E-state index contributed by atoms with van der Waals surface area (Å²) in [5, 5.41) is 19.3. The van der Waals surface area contributed by atoms with Crippen molar-refractivity contribution in [3.63, 3.8) is 0 Å². The predicted molar refractivity (Wildman–Crippen MR) is 65.6 cm³/mol. The zero-order chi connectivity index (χ0) is 13.5. The van der Waals surface area contributed by atoms with Crippen LogP contribution in [0.15, 0.2) is 30.9 Å². The summed E-state index contributed by atoms with van der Waals surface area (Å²) in [6.45, 7) is 4.98. The second-order valence-corrected chi connectivity index (χ2v) is 3.79. The monoisotopic (exact) mass is 254 g/mol. The summed E-state index contributed by atoms with van der Waals surface area (Å²) < 4.78 is 13.4. The molecule has 0 aliphatic heterocycles. The van der Waals surface area contributed by atoms with Gasteiger partial charge in [-0.25, -0.2) is 0 Å². The molecule has 0 aliphatic rings. The van der Waals surface area contributed by atoms with Crippen molar-refractivity contribution in [3.05, 3.63) is 52.3 Å². The molecule has 1 N–H and O–H groups in total. The van der Waals surface area contributed by atoms with Crippen molar-refractivity contribution < 1.29 is 14.4 Å². The topological polar surface area (TPSA) is 66.6 Å². The number of aliphatic hydroxyl groups excluding tert-OH is 1. The van der Waals surface area contributed by atoms with Gasteiger partial charge in [-0.1, -0.05) is 12.1 Å². The molecule has 18 heavy (non-hydrogen) atoms. The third kappa shape index (κ3) is 3.90. The summed E-state index contributed by atoms with van der Waals surface area (Å²) in [7, 11) is 0. The van der Waals surface area contributed by atoms with Crippen LogP contribution < -0.4 is 0 Å². The van der Waals surface area contributed by atoms with Crippen molar-refractivity contribution in [3.8, 4) is 0 Å². The predicted octanol–water partition coefficient (Wildman–Crippen LogP) is 1.71. The number of hydrogen-bond acceptors (Lipinski definition) is 4. The van der Waals surface area contributed by atoms with Gasteiger partial charge >= 0.3 is 5.69 Å². The summed E-state index contributed by atoms with van der Waals surface area (Å²) in [5.74, 6) is -0.847. The van der Waals surface area contributed by atoms with Crippen molar-refractivity contribution >= 4 is 5.69 Å². The van der Waals surface area contributed by atoms with E-state index in [-0.39, 0.29) is 6.61 Å². The number of hydrogen-bond donors (Lipinski definition) is 1. The minimum Gasteiger partial charge on any atom is -0.395 e. The van der Waals surface area contributed by atoms with Gasteiger partial charge in [-0.05, 0) is 11.6 Å². The van der Waals surface area contributed by atoms with E-state index in [0.717, 1.165) is 12.1 Å². The Balaban J connectivity index is 2.80. The SMILES string of the molecule is C=CCN(CCO)Cc1ccc([N+](=O)[O-])c(F)c1. The molecule has 1 rings (SSSR count). The first-order valence-corrected chi connectivity index (χ1v) is 5.45. The van der Waals surface area contributed by atoms with Crippen molar-refractivity contribution in [2.24, 2.45) is 0 Å². The molecule has 0 aromatic heterocycles. The van der Waals surface area contributed by atoms with Crippen LogP contribution in [0, 0.1) is 15.9 Å². The Labute approximate surface area is 104 Å². The molecular weight excluding hydrogens is 239 g/mol. The van der Waals surface area contributed by atoms with Crippen LogP contribution in [0.1, 0.15) is 5.56 Å². The van der Waals surface area contributed by atoms with Crippen LogP contribution in [0.4, 0.5) is 10.1 Å². The van der Waals surface area contributed by atoms with Gasteiger partial charge in [0.05, 0.1) is 11.5 Å². The van der Waals surface area contributed by atoms with Gasteiger partial charge in [-0.2, -0.15) is 4.39 Å². The molecule has 5 nitrogen and oxygen atoms in total. The lowest BCUT2D eigenvalue weighted by Gasteiger charge is -2.19.